The standard InChI is InChI=1S/C9H5FO2/c10-7-2-1-3-8-9(7)6(4-11)5-12-8/h1-5H. The van der Waals surface area contributed by atoms with Crippen molar-refractivity contribution in [2.45, 2.75) is 0 Å². The molecule has 60 valence electrons. The summed E-state index contributed by atoms with van der Waals surface area (Å²) in [6.07, 6.45) is 1.83. The van der Waals surface area contributed by atoms with Crippen molar-refractivity contribution in [3.63, 3.8) is 0 Å². The Labute approximate surface area is 67.6 Å². The highest BCUT2D eigenvalue weighted by Crippen LogP contribution is 2.22. The SMILES string of the molecule is O=Cc1coc2cccc(F)c12. The van der Waals surface area contributed by atoms with Crippen molar-refractivity contribution in [2.24, 2.45) is 0 Å². The van der Waals surface area contributed by atoms with Gasteiger partial charge in [-0.1, -0.05) is 6.07 Å². The third kappa shape index (κ3) is 0.830. The van der Waals surface area contributed by atoms with Crippen molar-refractivity contribution in [1.82, 2.24) is 0 Å². The molecule has 3 heteroatoms. The van der Waals surface area contributed by atoms with Crippen LogP contribution in [0.2, 0.25) is 0 Å². The van der Waals surface area contributed by atoms with Gasteiger partial charge in [0.25, 0.3) is 0 Å². The zero-order valence-corrected chi connectivity index (χ0v) is 6.08. The van der Waals surface area contributed by atoms with Crippen LogP contribution in [-0.2, 0) is 0 Å². The maximum absolute atomic E-state index is 13.0. The fourth-order valence-corrected chi connectivity index (χ4v) is 1.16. The molecule has 2 aromatic rings. The second-order valence-corrected chi connectivity index (χ2v) is 2.42. The number of hydrogen-bond acceptors (Lipinski definition) is 2. The summed E-state index contributed by atoms with van der Waals surface area (Å²) in [4.78, 5) is 10.4. The third-order valence-corrected chi connectivity index (χ3v) is 1.70. The Morgan fingerprint density at radius 3 is 3.00 bits per heavy atom. The Balaban J connectivity index is 2.91. The van der Waals surface area contributed by atoms with Crippen LogP contribution in [0.25, 0.3) is 11.0 Å². The van der Waals surface area contributed by atoms with Gasteiger partial charge in [-0.15, -0.1) is 0 Å². The van der Waals surface area contributed by atoms with Crippen molar-refractivity contribution in [1.29, 1.82) is 0 Å². The number of fused-ring (bicyclic) bond motifs is 1. The Hall–Kier alpha value is -1.64. The summed E-state index contributed by atoms with van der Waals surface area (Å²) in [7, 11) is 0. The van der Waals surface area contributed by atoms with Gasteiger partial charge >= 0.3 is 0 Å². The number of hydrogen-bond donors (Lipinski definition) is 0. The highest BCUT2D eigenvalue weighted by atomic mass is 19.1. The van der Waals surface area contributed by atoms with Gasteiger partial charge in [0.15, 0.2) is 6.29 Å². The molecule has 0 fully saturated rings. The second kappa shape index (κ2) is 2.44. The molecule has 0 amide bonds. The molecule has 1 aromatic heterocycles. The van der Waals surface area contributed by atoms with Crippen molar-refractivity contribution < 1.29 is 13.6 Å². The Morgan fingerprint density at radius 1 is 1.42 bits per heavy atom. The Morgan fingerprint density at radius 2 is 2.25 bits per heavy atom. The topological polar surface area (TPSA) is 30.2 Å². The fourth-order valence-electron chi connectivity index (χ4n) is 1.16. The lowest BCUT2D eigenvalue weighted by Crippen LogP contribution is -1.79. The highest BCUT2D eigenvalue weighted by molar-refractivity contribution is 5.96. The van der Waals surface area contributed by atoms with Gasteiger partial charge < -0.3 is 4.42 Å². The van der Waals surface area contributed by atoms with Crippen LogP contribution in [0.3, 0.4) is 0 Å². The average Bonchev–Trinajstić information content (AvgIpc) is 2.49. The Bertz CT molecular complexity index is 431. The predicted molar refractivity (Wildman–Crippen MR) is 41.6 cm³/mol. The molecule has 2 rings (SSSR count). The molecule has 0 radical (unpaired) electrons. The monoisotopic (exact) mass is 164 g/mol. The molecule has 0 N–H and O–H groups in total. The summed E-state index contributed by atoms with van der Waals surface area (Å²) in [6.45, 7) is 0. The van der Waals surface area contributed by atoms with Crippen molar-refractivity contribution in [3.8, 4) is 0 Å². The van der Waals surface area contributed by atoms with E-state index in [1.807, 2.05) is 0 Å². The lowest BCUT2D eigenvalue weighted by atomic mass is 10.2. The third-order valence-electron chi connectivity index (χ3n) is 1.70. The van der Waals surface area contributed by atoms with Crippen molar-refractivity contribution in [3.05, 3.63) is 35.8 Å². The van der Waals surface area contributed by atoms with Gasteiger partial charge in [0.1, 0.15) is 17.7 Å². The minimum absolute atomic E-state index is 0.253. The van der Waals surface area contributed by atoms with Crippen LogP contribution < -0.4 is 0 Å². The van der Waals surface area contributed by atoms with E-state index in [0.29, 0.717) is 11.9 Å². The number of aldehydes is 1. The normalized spacial score (nSPS) is 10.4. The fraction of sp³-hybridized carbons (Fsp3) is 0. The molecule has 1 heterocycles. The first-order valence-corrected chi connectivity index (χ1v) is 3.44. The van der Waals surface area contributed by atoms with Crippen LogP contribution in [0.4, 0.5) is 4.39 Å². The van der Waals surface area contributed by atoms with Gasteiger partial charge in [0.2, 0.25) is 0 Å². The van der Waals surface area contributed by atoms with Gasteiger partial charge in [-0.3, -0.25) is 4.79 Å². The first-order chi connectivity index (χ1) is 5.83. The van der Waals surface area contributed by atoms with E-state index >= 15 is 0 Å². The van der Waals surface area contributed by atoms with Crippen LogP contribution in [0.1, 0.15) is 10.4 Å². The van der Waals surface area contributed by atoms with Crippen molar-refractivity contribution >= 4 is 17.3 Å². The molecule has 0 aliphatic carbocycles. The van der Waals surface area contributed by atoms with Crippen LogP contribution in [-0.4, -0.2) is 6.29 Å². The van der Waals surface area contributed by atoms with Gasteiger partial charge in [0.05, 0.1) is 10.9 Å². The number of furan rings is 1. The minimum atomic E-state index is -0.427. The quantitative estimate of drug-likeness (QED) is 0.605. The maximum atomic E-state index is 13.0. The molecule has 0 saturated heterocycles. The van der Waals surface area contributed by atoms with E-state index in [0.717, 1.165) is 0 Å². The largest absolute Gasteiger partial charge is 0.463 e. The summed E-state index contributed by atoms with van der Waals surface area (Å²) < 4.78 is 18.0. The van der Waals surface area contributed by atoms with E-state index in [1.165, 1.54) is 18.4 Å². The predicted octanol–water partition coefficient (Wildman–Crippen LogP) is 2.38. The first kappa shape index (κ1) is 7.03. The molecular weight excluding hydrogens is 159 g/mol. The molecule has 12 heavy (non-hydrogen) atoms. The molecule has 0 unspecified atom stereocenters. The molecule has 0 bridgehead atoms. The molecule has 0 saturated carbocycles. The van der Waals surface area contributed by atoms with Crippen LogP contribution in [0.5, 0.6) is 0 Å². The summed E-state index contributed by atoms with van der Waals surface area (Å²) in [6, 6.07) is 4.45. The summed E-state index contributed by atoms with van der Waals surface area (Å²) in [5.74, 6) is -0.427. The maximum Gasteiger partial charge on any atom is 0.154 e. The first-order valence-electron chi connectivity index (χ1n) is 3.44. The highest BCUT2D eigenvalue weighted by Gasteiger charge is 2.08. The smallest absolute Gasteiger partial charge is 0.154 e. The van der Waals surface area contributed by atoms with Gasteiger partial charge in [-0.2, -0.15) is 0 Å². The van der Waals surface area contributed by atoms with Gasteiger partial charge in [-0.05, 0) is 12.1 Å². The molecule has 0 aliphatic heterocycles. The van der Waals surface area contributed by atoms with Gasteiger partial charge in [0, 0.05) is 0 Å². The summed E-state index contributed by atoms with van der Waals surface area (Å²) in [5.41, 5.74) is 0.653. The van der Waals surface area contributed by atoms with Crippen LogP contribution >= 0.6 is 0 Å². The lowest BCUT2D eigenvalue weighted by Gasteiger charge is -1.89. The number of halogens is 1. The number of carbonyl (C=O) groups excluding carboxylic acids is 1. The molecule has 2 nitrogen and oxygen atoms in total. The second-order valence-electron chi connectivity index (χ2n) is 2.42. The van der Waals surface area contributed by atoms with Crippen LogP contribution in [0.15, 0.2) is 28.9 Å². The average molecular weight is 164 g/mol. The lowest BCUT2D eigenvalue weighted by molar-refractivity contribution is 0.112. The number of benzene rings is 1. The Kier molecular flexibility index (Phi) is 1.43. The van der Waals surface area contributed by atoms with E-state index in [4.69, 9.17) is 4.42 Å². The van der Waals surface area contributed by atoms with E-state index in [9.17, 15) is 9.18 Å². The zero-order chi connectivity index (χ0) is 8.55. The molecule has 0 aliphatic rings. The number of carbonyl (C=O) groups is 1. The summed E-state index contributed by atoms with van der Waals surface area (Å²) in [5, 5.41) is 0.257. The van der Waals surface area contributed by atoms with E-state index in [-0.39, 0.29) is 10.9 Å². The van der Waals surface area contributed by atoms with E-state index in [1.54, 1.807) is 6.07 Å². The summed E-state index contributed by atoms with van der Waals surface area (Å²) >= 11 is 0. The minimum Gasteiger partial charge on any atom is -0.463 e. The van der Waals surface area contributed by atoms with E-state index < -0.39 is 5.82 Å². The molecule has 1 aromatic carbocycles. The van der Waals surface area contributed by atoms with Gasteiger partial charge in [-0.25, -0.2) is 4.39 Å². The molecule has 0 spiro atoms. The van der Waals surface area contributed by atoms with Crippen molar-refractivity contribution in [2.75, 3.05) is 0 Å². The molecular formula is C9H5FO2. The zero-order valence-electron chi connectivity index (χ0n) is 6.08. The molecule has 0 atom stereocenters. The van der Waals surface area contributed by atoms with E-state index in [2.05, 4.69) is 0 Å². The number of rotatable bonds is 1. The van der Waals surface area contributed by atoms with Crippen LogP contribution in [0, 0.1) is 5.82 Å².